The van der Waals surface area contributed by atoms with E-state index in [1.54, 1.807) is 6.92 Å². The summed E-state index contributed by atoms with van der Waals surface area (Å²) in [7, 11) is 0. The monoisotopic (exact) mass is 291 g/mol. The van der Waals surface area contributed by atoms with E-state index in [-0.39, 0.29) is 5.91 Å². The standard InChI is InChI=1S/C15H25N5O/c1-4-16-14-10-12(2)17-15(18-14)11-19-6-5-7-20(9-8-19)13(3)21/h10H,4-9,11H2,1-3H3,(H,16,17,18). The van der Waals surface area contributed by atoms with Crippen LogP contribution >= 0.6 is 0 Å². The summed E-state index contributed by atoms with van der Waals surface area (Å²) in [5.41, 5.74) is 0.983. The van der Waals surface area contributed by atoms with Gasteiger partial charge in [-0.3, -0.25) is 9.69 Å². The molecule has 0 spiro atoms. The van der Waals surface area contributed by atoms with Crippen LogP contribution in [-0.2, 0) is 11.3 Å². The fourth-order valence-corrected chi connectivity index (χ4v) is 2.62. The van der Waals surface area contributed by atoms with Crippen molar-refractivity contribution in [3.05, 3.63) is 17.6 Å². The maximum absolute atomic E-state index is 11.5. The Bertz CT molecular complexity index is 491. The first-order valence-electron chi connectivity index (χ1n) is 7.64. The van der Waals surface area contributed by atoms with Crippen LogP contribution in [0.5, 0.6) is 0 Å². The Morgan fingerprint density at radius 3 is 2.81 bits per heavy atom. The quantitative estimate of drug-likeness (QED) is 0.905. The van der Waals surface area contributed by atoms with Crippen LogP contribution in [0.15, 0.2) is 6.07 Å². The van der Waals surface area contributed by atoms with E-state index in [1.165, 1.54) is 0 Å². The van der Waals surface area contributed by atoms with Crippen LogP contribution < -0.4 is 5.32 Å². The van der Waals surface area contributed by atoms with Crippen molar-refractivity contribution in [2.24, 2.45) is 0 Å². The Morgan fingerprint density at radius 2 is 2.10 bits per heavy atom. The fourth-order valence-electron chi connectivity index (χ4n) is 2.62. The molecule has 21 heavy (non-hydrogen) atoms. The van der Waals surface area contributed by atoms with Crippen LogP contribution in [0.3, 0.4) is 0 Å². The molecule has 6 nitrogen and oxygen atoms in total. The highest BCUT2D eigenvalue weighted by atomic mass is 16.2. The van der Waals surface area contributed by atoms with E-state index in [0.717, 1.165) is 63.0 Å². The minimum Gasteiger partial charge on any atom is -0.370 e. The minimum atomic E-state index is 0.165. The molecular formula is C15H25N5O. The van der Waals surface area contributed by atoms with Crippen LogP contribution in [0.4, 0.5) is 5.82 Å². The van der Waals surface area contributed by atoms with Crippen LogP contribution in [0.25, 0.3) is 0 Å². The zero-order chi connectivity index (χ0) is 15.2. The Balaban J connectivity index is 1.99. The molecule has 0 unspecified atom stereocenters. The number of aromatic nitrogens is 2. The third kappa shape index (κ3) is 4.67. The van der Waals surface area contributed by atoms with Gasteiger partial charge in [-0.1, -0.05) is 0 Å². The first kappa shape index (κ1) is 15.7. The van der Waals surface area contributed by atoms with E-state index in [9.17, 15) is 4.79 Å². The second kappa shape index (κ2) is 7.36. The van der Waals surface area contributed by atoms with Gasteiger partial charge >= 0.3 is 0 Å². The van der Waals surface area contributed by atoms with E-state index < -0.39 is 0 Å². The predicted octanol–water partition coefficient (Wildman–Crippen LogP) is 1.27. The Labute approximate surface area is 126 Å². The van der Waals surface area contributed by atoms with Gasteiger partial charge in [0.25, 0.3) is 0 Å². The smallest absolute Gasteiger partial charge is 0.219 e. The lowest BCUT2D eigenvalue weighted by atomic mass is 10.3. The van der Waals surface area contributed by atoms with Crippen molar-refractivity contribution in [2.75, 3.05) is 38.0 Å². The average Bonchev–Trinajstić information content (AvgIpc) is 2.64. The largest absolute Gasteiger partial charge is 0.370 e. The lowest BCUT2D eigenvalue weighted by molar-refractivity contribution is -0.128. The average molecular weight is 291 g/mol. The molecule has 0 atom stereocenters. The number of nitrogens with one attached hydrogen (secondary N) is 1. The van der Waals surface area contributed by atoms with Crippen molar-refractivity contribution in [2.45, 2.75) is 33.7 Å². The number of carbonyl (C=O) groups excluding carboxylic acids is 1. The molecule has 6 heteroatoms. The van der Waals surface area contributed by atoms with Crippen molar-refractivity contribution in [3.8, 4) is 0 Å². The highest BCUT2D eigenvalue weighted by Gasteiger charge is 2.17. The highest BCUT2D eigenvalue weighted by Crippen LogP contribution is 2.10. The van der Waals surface area contributed by atoms with Crippen LogP contribution in [0, 0.1) is 6.92 Å². The lowest BCUT2D eigenvalue weighted by Gasteiger charge is -2.20. The first-order chi connectivity index (χ1) is 10.1. The topological polar surface area (TPSA) is 61.4 Å². The van der Waals surface area contributed by atoms with Crippen LogP contribution in [-0.4, -0.2) is 58.4 Å². The van der Waals surface area contributed by atoms with Gasteiger partial charge in [0.1, 0.15) is 11.6 Å². The molecule has 1 aliphatic rings. The lowest BCUT2D eigenvalue weighted by Crippen LogP contribution is -2.33. The summed E-state index contributed by atoms with van der Waals surface area (Å²) >= 11 is 0. The van der Waals surface area contributed by atoms with Gasteiger partial charge in [0, 0.05) is 51.4 Å². The van der Waals surface area contributed by atoms with E-state index >= 15 is 0 Å². The molecule has 0 radical (unpaired) electrons. The second-order valence-electron chi connectivity index (χ2n) is 5.48. The summed E-state index contributed by atoms with van der Waals surface area (Å²) in [6.45, 7) is 10.8. The van der Waals surface area contributed by atoms with Gasteiger partial charge in [-0.05, 0) is 20.3 Å². The maximum atomic E-state index is 11.5. The van der Waals surface area contributed by atoms with Gasteiger partial charge in [0.2, 0.25) is 5.91 Å². The summed E-state index contributed by atoms with van der Waals surface area (Å²) in [5.74, 6) is 1.90. The van der Waals surface area contributed by atoms with E-state index in [1.807, 2.05) is 17.9 Å². The molecule has 1 saturated heterocycles. The van der Waals surface area contributed by atoms with Gasteiger partial charge in [-0.15, -0.1) is 0 Å². The van der Waals surface area contributed by atoms with E-state index in [0.29, 0.717) is 0 Å². The molecule has 0 aromatic carbocycles. The summed E-state index contributed by atoms with van der Waals surface area (Å²) in [4.78, 5) is 24.8. The first-order valence-corrected chi connectivity index (χ1v) is 7.64. The van der Waals surface area contributed by atoms with Gasteiger partial charge in [0.15, 0.2) is 0 Å². The number of hydrogen-bond donors (Lipinski definition) is 1. The number of anilines is 1. The molecule has 1 fully saturated rings. The van der Waals surface area contributed by atoms with Crippen molar-refractivity contribution in [3.63, 3.8) is 0 Å². The van der Waals surface area contributed by atoms with Crippen molar-refractivity contribution in [1.29, 1.82) is 0 Å². The van der Waals surface area contributed by atoms with Crippen LogP contribution in [0.2, 0.25) is 0 Å². The highest BCUT2D eigenvalue weighted by molar-refractivity contribution is 5.73. The molecule has 0 bridgehead atoms. The Kier molecular flexibility index (Phi) is 5.50. The number of amides is 1. The number of rotatable bonds is 4. The molecular weight excluding hydrogens is 266 g/mol. The number of carbonyl (C=O) groups is 1. The van der Waals surface area contributed by atoms with Gasteiger partial charge in [-0.25, -0.2) is 9.97 Å². The predicted molar refractivity (Wildman–Crippen MR) is 83.1 cm³/mol. The zero-order valence-corrected chi connectivity index (χ0v) is 13.2. The molecule has 1 aromatic rings. The molecule has 1 aliphatic heterocycles. The molecule has 2 heterocycles. The SMILES string of the molecule is CCNc1cc(C)nc(CN2CCCN(C(C)=O)CC2)n1. The van der Waals surface area contributed by atoms with E-state index in [4.69, 9.17) is 0 Å². The summed E-state index contributed by atoms with van der Waals surface area (Å²) in [5, 5.41) is 3.24. The number of hydrogen-bond acceptors (Lipinski definition) is 5. The Hall–Kier alpha value is -1.69. The molecule has 116 valence electrons. The van der Waals surface area contributed by atoms with Gasteiger partial charge in [-0.2, -0.15) is 0 Å². The van der Waals surface area contributed by atoms with Crippen molar-refractivity contribution >= 4 is 11.7 Å². The molecule has 0 aliphatic carbocycles. The van der Waals surface area contributed by atoms with E-state index in [2.05, 4.69) is 27.1 Å². The summed E-state index contributed by atoms with van der Waals surface area (Å²) in [6, 6.07) is 1.97. The maximum Gasteiger partial charge on any atom is 0.219 e. The van der Waals surface area contributed by atoms with Crippen molar-refractivity contribution in [1.82, 2.24) is 19.8 Å². The Morgan fingerprint density at radius 1 is 1.29 bits per heavy atom. The normalized spacial score (nSPS) is 16.6. The van der Waals surface area contributed by atoms with Gasteiger partial charge in [0.05, 0.1) is 6.54 Å². The second-order valence-corrected chi connectivity index (χ2v) is 5.48. The molecule has 2 rings (SSSR count). The zero-order valence-electron chi connectivity index (χ0n) is 13.2. The molecule has 1 aromatic heterocycles. The minimum absolute atomic E-state index is 0.165. The fraction of sp³-hybridized carbons (Fsp3) is 0.667. The molecule has 0 saturated carbocycles. The van der Waals surface area contributed by atoms with Crippen LogP contribution in [0.1, 0.15) is 31.8 Å². The number of aryl methyl sites for hydroxylation is 1. The number of nitrogens with zero attached hydrogens (tertiary/aromatic N) is 4. The van der Waals surface area contributed by atoms with Gasteiger partial charge < -0.3 is 10.2 Å². The van der Waals surface area contributed by atoms with Crippen molar-refractivity contribution < 1.29 is 4.79 Å². The summed E-state index contributed by atoms with van der Waals surface area (Å²) < 4.78 is 0. The molecule has 1 N–H and O–H groups in total. The third-order valence-electron chi connectivity index (χ3n) is 3.66. The summed E-state index contributed by atoms with van der Waals surface area (Å²) in [6.07, 6.45) is 1.01. The third-order valence-corrected chi connectivity index (χ3v) is 3.66. The molecule has 1 amide bonds.